The minimum absolute atomic E-state index is 0.0828. The molecule has 0 saturated carbocycles. The van der Waals surface area contributed by atoms with Crippen LogP contribution in [0.15, 0.2) is 42.5 Å². The number of rotatable bonds is 8. The maximum absolute atomic E-state index is 12.2. The number of aromatic nitrogens is 4. The summed E-state index contributed by atoms with van der Waals surface area (Å²) >= 11 is 0. The van der Waals surface area contributed by atoms with Crippen molar-refractivity contribution < 1.29 is 23.8 Å². The average molecular weight is 411 g/mol. The van der Waals surface area contributed by atoms with Gasteiger partial charge in [-0.25, -0.2) is 4.79 Å². The molecule has 0 aliphatic carbocycles. The molecule has 30 heavy (non-hydrogen) atoms. The van der Waals surface area contributed by atoms with Crippen LogP contribution in [-0.4, -0.2) is 53.4 Å². The molecule has 10 nitrogen and oxygen atoms in total. The number of carbonyl (C=O) groups is 2. The largest absolute Gasteiger partial charge is 0.493 e. The second-order valence-electron chi connectivity index (χ2n) is 6.18. The Labute approximate surface area is 172 Å². The number of esters is 1. The molecule has 1 amide bonds. The normalized spacial score (nSPS) is 10.4. The zero-order valence-electron chi connectivity index (χ0n) is 16.8. The Morgan fingerprint density at radius 1 is 1.00 bits per heavy atom. The molecule has 3 rings (SSSR count). The zero-order chi connectivity index (χ0) is 21.5. The summed E-state index contributed by atoms with van der Waals surface area (Å²) in [5, 5.41) is 14.9. The Morgan fingerprint density at radius 3 is 2.40 bits per heavy atom. The molecule has 10 heteroatoms. The molecule has 156 valence electrons. The second-order valence-corrected chi connectivity index (χ2v) is 6.18. The maximum Gasteiger partial charge on any atom is 0.337 e. The van der Waals surface area contributed by atoms with Gasteiger partial charge in [0.2, 0.25) is 11.7 Å². The van der Waals surface area contributed by atoms with Crippen LogP contribution in [0.4, 0.5) is 0 Å². The standard InChI is InChI=1S/C20H21N5O5/c1-28-16-9-8-15(10-17(16)29-2)19-22-24-25(23-19)12-18(26)21-11-13-4-6-14(7-5-13)20(27)30-3/h4-10H,11-12H2,1-3H3,(H,21,26). The molecule has 3 aromatic rings. The van der Waals surface area contributed by atoms with Gasteiger partial charge in [-0.3, -0.25) is 4.79 Å². The highest BCUT2D eigenvalue weighted by Gasteiger charge is 2.12. The van der Waals surface area contributed by atoms with E-state index in [4.69, 9.17) is 9.47 Å². The lowest BCUT2D eigenvalue weighted by atomic mass is 10.1. The maximum atomic E-state index is 12.2. The number of nitrogens with one attached hydrogen (secondary N) is 1. The third-order valence-corrected chi connectivity index (χ3v) is 4.24. The first-order valence-electron chi connectivity index (χ1n) is 8.98. The van der Waals surface area contributed by atoms with E-state index in [9.17, 15) is 9.59 Å². The van der Waals surface area contributed by atoms with Gasteiger partial charge in [-0.15, -0.1) is 10.2 Å². The van der Waals surface area contributed by atoms with E-state index in [2.05, 4.69) is 25.5 Å². The van der Waals surface area contributed by atoms with E-state index >= 15 is 0 Å². The first kappa shape index (κ1) is 20.8. The summed E-state index contributed by atoms with van der Waals surface area (Å²) in [5.74, 6) is 0.813. The number of ether oxygens (including phenoxy) is 3. The fourth-order valence-electron chi connectivity index (χ4n) is 2.66. The lowest BCUT2D eigenvalue weighted by Crippen LogP contribution is -2.28. The predicted octanol–water partition coefficient (Wildman–Crippen LogP) is 1.46. The Morgan fingerprint density at radius 2 is 1.73 bits per heavy atom. The molecule has 0 saturated heterocycles. The number of methoxy groups -OCH3 is 3. The highest BCUT2D eigenvalue weighted by atomic mass is 16.5. The van der Waals surface area contributed by atoms with Crippen LogP contribution >= 0.6 is 0 Å². The Kier molecular flexibility index (Phi) is 6.58. The number of carbonyl (C=O) groups excluding carboxylic acids is 2. The topological polar surface area (TPSA) is 117 Å². The molecule has 0 aliphatic rings. The molecule has 1 heterocycles. The summed E-state index contributed by atoms with van der Waals surface area (Å²) < 4.78 is 15.1. The van der Waals surface area contributed by atoms with Crippen molar-refractivity contribution >= 4 is 11.9 Å². The SMILES string of the molecule is COC(=O)c1ccc(CNC(=O)Cn2nnc(-c3ccc(OC)c(OC)c3)n2)cc1. The molecule has 0 radical (unpaired) electrons. The minimum Gasteiger partial charge on any atom is -0.493 e. The van der Waals surface area contributed by atoms with Gasteiger partial charge in [0.25, 0.3) is 0 Å². The first-order valence-corrected chi connectivity index (χ1v) is 8.98. The quantitative estimate of drug-likeness (QED) is 0.554. The lowest BCUT2D eigenvalue weighted by Gasteiger charge is -2.07. The van der Waals surface area contributed by atoms with E-state index in [-0.39, 0.29) is 12.5 Å². The fourth-order valence-corrected chi connectivity index (χ4v) is 2.66. The number of tetrazole rings is 1. The smallest absolute Gasteiger partial charge is 0.337 e. The molecule has 0 bridgehead atoms. The highest BCUT2D eigenvalue weighted by Crippen LogP contribution is 2.30. The van der Waals surface area contributed by atoms with Crippen LogP contribution in [0.25, 0.3) is 11.4 Å². The number of benzene rings is 2. The molecular formula is C20H21N5O5. The van der Waals surface area contributed by atoms with Crippen molar-refractivity contribution in [3.05, 3.63) is 53.6 Å². The molecular weight excluding hydrogens is 390 g/mol. The molecule has 0 aliphatic heterocycles. The lowest BCUT2D eigenvalue weighted by molar-refractivity contribution is -0.122. The summed E-state index contributed by atoms with van der Waals surface area (Å²) in [6, 6.07) is 12.0. The summed E-state index contributed by atoms with van der Waals surface area (Å²) in [4.78, 5) is 24.8. The zero-order valence-corrected chi connectivity index (χ0v) is 16.8. The molecule has 0 atom stereocenters. The monoisotopic (exact) mass is 411 g/mol. The molecule has 0 spiro atoms. The number of hydrogen-bond donors (Lipinski definition) is 1. The van der Waals surface area contributed by atoms with Crippen molar-refractivity contribution in [1.29, 1.82) is 0 Å². The molecule has 1 aromatic heterocycles. The van der Waals surface area contributed by atoms with Gasteiger partial charge in [-0.2, -0.15) is 4.80 Å². The van der Waals surface area contributed by atoms with Crippen LogP contribution in [0.2, 0.25) is 0 Å². The first-order chi connectivity index (χ1) is 14.5. The van der Waals surface area contributed by atoms with E-state index in [0.717, 1.165) is 5.56 Å². The van der Waals surface area contributed by atoms with Crippen LogP contribution < -0.4 is 14.8 Å². The Hall–Kier alpha value is -3.95. The molecule has 1 N–H and O–H groups in total. The van der Waals surface area contributed by atoms with Crippen LogP contribution in [0, 0.1) is 0 Å². The van der Waals surface area contributed by atoms with Crippen LogP contribution in [0.3, 0.4) is 0 Å². The predicted molar refractivity (Wildman–Crippen MR) is 106 cm³/mol. The van der Waals surface area contributed by atoms with Crippen molar-refractivity contribution in [2.45, 2.75) is 13.1 Å². The summed E-state index contributed by atoms with van der Waals surface area (Å²) in [5.41, 5.74) is 1.97. The Balaban J connectivity index is 1.58. The van der Waals surface area contributed by atoms with E-state index in [1.54, 1.807) is 56.7 Å². The van der Waals surface area contributed by atoms with Gasteiger partial charge in [-0.05, 0) is 41.1 Å². The Bertz CT molecular complexity index is 1030. The second kappa shape index (κ2) is 9.50. The van der Waals surface area contributed by atoms with Gasteiger partial charge in [0, 0.05) is 12.1 Å². The third-order valence-electron chi connectivity index (χ3n) is 4.24. The van der Waals surface area contributed by atoms with Crippen molar-refractivity contribution in [1.82, 2.24) is 25.5 Å². The van der Waals surface area contributed by atoms with Crippen LogP contribution in [0.5, 0.6) is 11.5 Å². The van der Waals surface area contributed by atoms with Crippen molar-refractivity contribution in [2.24, 2.45) is 0 Å². The van der Waals surface area contributed by atoms with Crippen molar-refractivity contribution in [3.63, 3.8) is 0 Å². The van der Waals surface area contributed by atoms with E-state index in [1.165, 1.54) is 11.9 Å². The van der Waals surface area contributed by atoms with E-state index < -0.39 is 5.97 Å². The highest BCUT2D eigenvalue weighted by molar-refractivity contribution is 5.89. The van der Waals surface area contributed by atoms with Crippen LogP contribution in [0.1, 0.15) is 15.9 Å². The van der Waals surface area contributed by atoms with Gasteiger partial charge < -0.3 is 19.5 Å². The van der Waals surface area contributed by atoms with E-state index in [0.29, 0.717) is 35.0 Å². The fraction of sp³-hybridized carbons (Fsp3) is 0.250. The van der Waals surface area contributed by atoms with Gasteiger partial charge in [0.15, 0.2) is 11.5 Å². The van der Waals surface area contributed by atoms with Gasteiger partial charge in [0.1, 0.15) is 6.54 Å². The summed E-state index contributed by atoms with van der Waals surface area (Å²) in [6.07, 6.45) is 0. The average Bonchev–Trinajstić information content (AvgIpc) is 3.25. The number of hydrogen-bond acceptors (Lipinski definition) is 8. The van der Waals surface area contributed by atoms with Crippen LogP contribution in [-0.2, 0) is 22.6 Å². The van der Waals surface area contributed by atoms with E-state index in [1.807, 2.05) is 0 Å². The number of amides is 1. The van der Waals surface area contributed by atoms with Crippen molar-refractivity contribution in [2.75, 3.05) is 21.3 Å². The third kappa shape index (κ3) is 4.90. The molecule has 0 fully saturated rings. The number of nitrogens with zero attached hydrogens (tertiary/aromatic N) is 4. The van der Waals surface area contributed by atoms with Crippen molar-refractivity contribution in [3.8, 4) is 22.9 Å². The van der Waals surface area contributed by atoms with Gasteiger partial charge >= 0.3 is 5.97 Å². The van der Waals surface area contributed by atoms with Gasteiger partial charge in [0.05, 0.1) is 26.9 Å². The van der Waals surface area contributed by atoms with Gasteiger partial charge in [-0.1, -0.05) is 12.1 Å². The molecule has 0 unspecified atom stereocenters. The minimum atomic E-state index is -0.409. The summed E-state index contributed by atoms with van der Waals surface area (Å²) in [7, 11) is 4.42. The molecule has 2 aromatic carbocycles. The summed E-state index contributed by atoms with van der Waals surface area (Å²) in [6.45, 7) is 0.220.